The zero-order chi connectivity index (χ0) is 18.6. The summed E-state index contributed by atoms with van der Waals surface area (Å²) in [5, 5.41) is 22.3. The summed E-state index contributed by atoms with van der Waals surface area (Å²) in [6, 6.07) is 6.80. The lowest BCUT2D eigenvalue weighted by Crippen LogP contribution is -2.50. The van der Waals surface area contributed by atoms with Crippen LogP contribution in [0, 0.1) is 5.92 Å². The maximum atomic E-state index is 13.0. The highest BCUT2D eigenvalue weighted by molar-refractivity contribution is 7.99. The lowest BCUT2D eigenvalue weighted by Gasteiger charge is -2.28. The van der Waals surface area contributed by atoms with E-state index in [9.17, 15) is 19.8 Å². The summed E-state index contributed by atoms with van der Waals surface area (Å²) in [5.41, 5.74) is 0.753. The number of thioether (sulfide) groups is 1. The van der Waals surface area contributed by atoms with E-state index in [-0.39, 0.29) is 23.4 Å². The molecule has 138 valence electrons. The molecule has 1 heterocycles. The number of rotatable bonds is 7. The van der Waals surface area contributed by atoms with Gasteiger partial charge >= 0.3 is 5.97 Å². The Morgan fingerprint density at radius 3 is 2.76 bits per heavy atom. The largest absolute Gasteiger partial charge is 0.481 e. The number of benzene rings is 1. The summed E-state index contributed by atoms with van der Waals surface area (Å²) in [6.45, 7) is 4.02. The van der Waals surface area contributed by atoms with E-state index < -0.39 is 24.2 Å². The molecule has 0 saturated carbocycles. The third-order valence-corrected chi connectivity index (χ3v) is 6.66. The van der Waals surface area contributed by atoms with Gasteiger partial charge in [-0.15, -0.1) is 11.8 Å². The Balaban J connectivity index is 2.22. The molecule has 5 atom stereocenters. The van der Waals surface area contributed by atoms with E-state index in [1.807, 2.05) is 38.1 Å². The second-order valence-electron chi connectivity index (χ2n) is 6.44. The Morgan fingerprint density at radius 1 is 1.44 bits per heavy atom. The van der Waals surface area contributed by atoms with Crippen molar-refractivity contribution in [3.8, 4) is 0 Å². The summed E-state index contributed by atoms with van der Waals surface area (Å²) in [7, 11) is 0. The topological polar surface area (TPSA) is 86.6 Å². The van der Waals surface area contributed by atoms with Gasteiger partial charge in [-0.05, 0) is 17.5 Å². The molecule has 0 amide bonds. The highest BCUT2D eigenvalue weighted by Crippen LogP contribution is 2.36. The van der Waals surface area contributed by atoms with Crippen LogP contribution in [-0.2, 0) is 9.59 Å². The van der Waals surface area contributed by atoms with Crippen LogP contribution in [0.4, 0.5) is 0 Å². The van der Waals surface area contributed by atoms with Crippen LogP contribution in [0.5, 0.6) is 0 Å². The van der Waals surface area contributed by atoms with Gasteiger partial charge in [0.25, 0.3) is 0 Å². The predicted octanol–water partition coefficient (Wildman–Crippen LogP) is 2.54. The molecule has 25 heavy (non-hydrogen) atoms. The predicted molar refractivity (Wildman–Crippen MR) is 102 cm³/mol. The quantitative estimate of drug-likeness (QED) is 0.428. The number of carbonyl (C=O) groups is 2. The van der Waals surface area contributed by atoms with E-state index in [4.69, 9.17) is 0 Å². The van der Waals surface area contributed by atoms with Crippen LogP contribution in [0.25, 0.3) is 0 Å². The SMILES string of the molecule is CC[C@H](C)[C@H](S)C(O)NC1CSc2ccccc2C(CC(=O)O)C1=O. The molecule has 1 aliphatic rings. The van der Waals surface area contributed by atoms with Gasteiger partial charge in [0.15, 0.2) is 5.78 Å². The first-order chi connectivity index (χ1) is 11.8. The molecule has 1 aromatic carbocycles. The number of aliphatic hydroxyl groups excluding tert-OH is 1. The number of thiol groups is 1. The van der Waals surface area contributed by atoms with Crippen molar-refractivity contribution in [2.75, 3.05) is 5.75 Å². The first-order valence-electron chi connectivity index (χ1n) is 8.44. The van der Waals surface area contributed by atoms with Crippen molar-refractivity contribution >= 4 is 36.1 Å². The molecule has 5 nitrogen and oxygen atoms in total. The minimum atomic E-state index is -1.01. The third-order valence-electron chi connectivity index (χ3n) is 4.69. The first kappa shape index (κ1) is 20.3. The fraction of sp³-hybridized carbons (Fsp3) is 0.556. The highest BCUT2D eigenvalue weighted by atomic mass is 32.2. The van der Waals surface area contributed by atoms with Gasteiger partial charge in [0.2, 0.25) is 0 Å². The molecular weight excluding hydrogens is 358 g/mol. The van der Waals surface area contributed by atoms with Crippen LogP contribution in [0.2, 0.25) is 0 Å². The number of hydrogen-bond acceptors (Lipinski definition) is 6. The first-order valence-corrected chi connectivity index (χ1v) is 9.94. The van der Waals surface area contributed by atoms with Crippen LogP contribution in [0.1, 0.15) is 38.2 Å². The van der Waals surface area contributed by atoms with Crippen molar-refractivity contribution in [3.05, 3.63) is 29.8 Å². The Kier molecular flexibility index (Phi) is 7.37. The lowest BCUT2D eigenvalue weighted by atomic mass is 9.88. The second kappa shape index (κ2) is 9.07. The molecule has 1 aliphatic heterocycles. The van der Waals surface area contributed by atoms with Crippen LogP contribution < -0.4 is 5.32 Å². The van der Waals surface area contributed by atoms with Gasteiger partial charge in [0.1, 0.15) is 6.23 Å². The molecule has 2 rings (SSSR count). The Hall–Kier alpha value is -1.02. The molecule has 0 spiro atoms. The Bertz CT molecular complexity index is 625. The van der Waals surface area contributed by atoms with Crippen molar-refractivity contribution < 1.29 is 19.8 Å². The number of carboxylic acids is 1. The van der Waals surface area contributed by atoms with Gasteiger partial charge in [-0.1, -0.05) is 38.5 Å². The van der Waals surface area contributed by atoms with Gasteiger partial charge in [0, 0.05) is 15.9 Å². The van der Waals surface area contributed by atoms with E-state index in [2.05, 4.69) is 17.9 Å². The fourth-order valence-corrected chi connectivity index (χ4v) is 4.38. The summed E-state index contributed by atoms with van der Waals surface area (Å²) in [4.78, 5) is 25.1. The zero-order valence-electron chi connectivity index (χ0n) is 14.4. The molecule has 0 fully saturated rings. The molecule has 0 bridgehead atoms. The minimum Gasteiger partial charge on any atom is -0.481 e. The summed E-state index contributed by atoms with van der Waals surface area (Å²) < 4.78 is 0. The summed E-state index contributed by atoms with van der Waals surface area (Å²) in [5.74, 6) is -1.28. The summed E-state index contributed by atoms with van der Waals surface area (Å²) in [6.07, 6.45) is -0.312. The maximum Gasteiger partial charge on any atom is 0.304 e. The fourth-order valence-electron chi connectivity index (χ4n) is 2.92. The van der Waals surface area contributed by atoms with E-state index in [0.29, 0.717) is 5.75 Å². The standard InChI is InChI=1S/C18H25NO4S2/c1-3-10(2)17(24)18(23)19-13-9-25-14-7-5-4-6-11(14)12(16(13)22)8-15(20)21/h4-7,10,12-13,17-19,23-24H,3,8-9H2,1-2H3,(H,20,21)/t10-,12?,13?,17-,18?/m0/s1. The molecule has 0 aromatic heterocycles. The normalized spacial score (nSPS) is 24.1. The van der Waals surface area contributed by atoms with Crippen molar-refractivity contribution in [1.29, 1.82) is 0 Å². The zero-order valence-corrected chi connectivity index (χ0v) is 16.1. The van der Waals surface area contributed by atoms with Crippen LogP contribution in [0.3, 0.4) is 0 Å². The van der Waals surface area contributed by atoms with Crippen molar-refractivity contribution in [1.82, 2.24) is 5.32 Å². The van der Waals surface area contributed by atoms with Gasteiger partial charge in [-0.2, -0.15) is 12.6 Å². The third kappa shape index (κ3) is 5.00. The number of carboxylic acid groups (broad SMARTS) is 1. The van der Waals surface area contributed by atoms with Crippen LogP contribution in [0.15, 0.2) is 29.2 Å². The number of hydrogen-bond donors (Lipinski definition) is 4. The van der Waals surface area contributed by atoms with Gasteiger partial charge in [-0.25, -0.2) is 0 Å². The molecule has 7 heteroatoms. The maximum absolute atomic E-state index is 13.0. The monoisotopic (exact) mass is 383 g/mol. The number of Topliss-reactive ketones (excluding diaryl/α,β-unsaturated/α-hetero) is 1. The van der Waals surface area contributed by atoms with E-state index >= 15 is 0 Å². The molecule has 1 aromatic rings. The van der Waals surface area contributed by atoms with Gasteiger partial charge in [0.05, 0.1) is 18.4 Å². The average Bonchev–Trinajstić information content (AvgIpc) is 2.72. The van der Waals surface area contributed by atoms with Crippen molar-refractivity contribution in [2.24, 2.45) is 5.92 Å². The van der Waals surface area contributed by atoms with Gasteiger partial charge in [-0.3, -0.25) is 14.9 Å². The molecule has 0 saturated heterocycles. The molecule has 0 radical (unpaired) electrons. The number of aliphatic carboxylic acids is 1. The van der Waals surface area contributed by atoms with Crippen LogP contribution >= 0.6 is 24.4 Å². The van der Waals surface area contributed by atoms with Crippen molar-refractivity contribution in [3.63, 3.8) is 0 Å². The highest BCUT2D eigenvalue weighted by Gasteiger charge is 2.36. The molecule has 0 aliphatic carbocycles. The number of carbonyl (C=O) groups excluding carboxylic acids is 1. The Morgan fingerprint density at radius 2 is 2.12 bits per heavy atom. The number of fused-ring (bicyclic) bond motifs is 1. The molecule has 3 unspecified atom stereocenters. The minimum absolute atomic E-state index is 0.186. The number of nitrogens with one attached hydrogen (secondary N) is 1. The smallest absolute Gasteiger partial charge is 0.304 e. The number of ketones is 1. The lowest BCUT2D eigenvalue weighted by molar-refractivity contribution is -0.139. The second-order valence-corrected chi connectivity index (χ2v) is 8.10. The number of aliphatic hydroxyl groups is 1. The van der Waals surface area contributed by atoms with E-state index in [1.54, 1.807) is 0 Å². The molecular formula is C18H25NO4S2. The van der Waals surface area contributed by atoms with E-state index in [1.165, 1.54) is 11.8 Å². The summed E-state index contributed by atoms with van der Waals surface area (Å²) >= 11 is 5.97. The van der Waals surface area contributed by atoms with Crippen molar-refractivity contribution in [2.45, 2.75) is 55.0 Å². The van der Waals surface area contributed by atoms with Gasteiger partial charge < -0.3 is 10.2 Å². The average molecular weight is 384 g/mol. The Labute approximate surface area is 158 Å². The van der Waals surface area contributed by atoms with Crippen LogP contribution in [-0.4, -0.2) is 45.2 Å². The van der Waals surface area contributed by atoms with E-state index in [0.717, 1.165) is 16.9 Å². The molecule has 3 N–H and O–H groups in total.